The number of hydrogen-bond acceptors (Lipinski definition) is 2. The second kappa shape index (κ2) is 6.56. The van der Waals surface area contributed by atoms with Crippen LogP contribution in [0.4, 0.5) is 5.69 Å². The first kappa shape index (κ1) is 16.0. The van der Waals surface area contributed by atoms with Gasteiger partial charge in [-0.15, -0.1) is 0 Å². The van der Waals surface area contributed by atoms with Gasteiger partial charge >= 0.3 is 0 Å². The molecule has 21 heavy (non-hydrogen) atoms. The normalized spacial score (nSPS) is 10.5. The first-order chi connectivity index (χ1) is 9.88. The lowest BCUT2D eigenvalue weighted by Gasteiger charge is -2.18. The van der Waals surface area contributed by atoms with Crippen molar-refractivity contribution in [2.75, 3.05) is 12.8 Å². The van der Waals surface area contributed by atoms with Gasteiger partial charge in [0, 0.05) is 29.9 Å². The van der Waals surface area contributed by atoms with Crippen LogP contribution in [0.15, 0.2) is 36.4 Å². The van der Waals surface area contributed by atoms with Crippen molar-refractivity contribution in [1.82, 2.24) is 4.90 Å². The van der Waals surface area contributed by atoms with Gasteiger partial charge in [-0.2, -0.15) is 0 Å². The zero-order valence-electron chi connectivity index (χ0n) is 11.2. The van der Waals surface area contributed by atoms with Gasteiger partial charge in [-0.25, -0.2) is 0 Å². The van der Waals surface area contributed by atoms with Crippen LogP contribution in [0, 0.1) is 0 Å². The van der Waals surface area contributed by atoms with Crippen LogP contribution in [0.2, 0.25) is 15.1 Å². The molecule has 0 heterocycles. The number of rotatable bonds is 3. The van der Waals surface area contributed by atoms with Crippen molar-refractivity contribution < 1.29 is 4.79 Å². The van der Waals surface area contributed by atoms with E-state index in [2.05, 4.69) is 0 Å². The maximum atomic E-state index is 12.4. The van der Waals surface area contributed by atoms with E-state index in [4.69, 9.17) is 40.5 Å². The van der Waals surface area contributed by atoms with Gasteiger partial charge < -0.3 is 10.6 Å². The smallest absolute Gasteiger partial charge is 0.254 e. The zero-order chi connectivity index (χ0) is 15.6. The third kappa shape index (κ3) is 3.82. The third-order valence-corrected chi connectivity index (χ3v) is 4.03. The Bertz CT molecular complexity index is 668. The number of carbonyl (C=O) groups is 1. The van der Waals surface area contributed by atoms with Crippen LogP contribution in [0.5, 0.6) is 0 Å². The van der Waals surface area contributed by atoms with Crippen molar-refractivity contribution in [1.29, 1.82) is 0 Å². The predicted octanol–water partition coefficient (Wildman–Crippen LogP) is 4.50. The van der Waals surface area contributed by atoms with E-state index in [9.17, 15) is 4.79 Å². The number of anilines is 1. The monoisotopic (exact) mass is 342 g/mol. The van der Waals surface area contributed by atoms with Crippen LogP contribution in [0.1, 0.15) is 15.9 Å². The summed E-state index contributed by atoms with van der Waals surface area (Å²) in [6.07, 6.45) is 0. The minimum atomic E-state index is -0.194. The summed E-state index contributed by atoms with van der Waals surface area (Å²) < 4.78 is 0. The van der Waals surface area contributed by atoms with Crippen LogP contribution < -0.4 is 5.73 Å². The lowest BCUT2D eigenvalue weighted by Crippen LogP contribution is -2.26. The van der Waals surface area contributed by atoms with Crippen molar-refractivity contribution in [3.8, 4) is 0 Å². The Kier molecular flexibility index (Phi) is 4.99. The largest absolute Gasteiger partial charge is 0.399 e. The number of nitrogen functional groups attached to an aromatic ring is 1. The minimum absolute atomic E-state index is 0.194. The highest BCUT2D eigenvalue weighted by Gasteiger charge is 2.15. The van der Waals surface area contributed by atoms with Gasteiger partial charge in [-0.05, 0) is 29.8 Å². The standard InChI is InChI=1S/C15H13Cl3N2O/c1-20(8-9-3-2-4-13(17)14(9)18)15(21)10-5-11(16)7-12(19)6-10/h2-7H,8,19H2,1H3. The molecule has 0 saturated heterocycles. The predicted molar refractivity (Wildman–Crippen MR) is 88.1 cm³/mol. The second-order valence-electron chi connectivity index (χ2n) is 4.65. The molecule has 0 fully saturated rings. The van der Waals surface area contributed by atoms with Gasteiger partial charge in [0.15, 0.2) is 0 Å². The highest BCUT2D eigenvalue weighted by Crippen LogP contribution is 2.27. The molecule has 0 aliphatic heterocycles. The molecular weight excluding hydrogens is 331 g/mol. The Morgan fingerprint density at radius 3 is 2.57 bits per heavy atom. The van der Waals surface area contributed by atoms with Crippen molar-refractivity contribution in [3.63, 3.8) is 0 Å². The number of hydrogen-bond donors (Lipinski definition) is 1. The molecule has 0 radical (unpaired) electrons. The molecule has 110 valence electrons. The summed E-state index contributed by atoms with van der Waals surface area (Å²) in [7, 11) is 1.68. The van der Waals surface area contributed by atoms with Gasteiger partial charge in [-0.1, -0.05) is 46.9 Å². The summed E-state index contributed by atoms with van der Waals surface area (Å²) in [5.74, 6) is -0.194. The number of halogens is 3. The molecule has 2 N–H and O–H groups in total. The average Bonchev–Trinajstić information content (AvgIpc) is 2.42. The van der Waals surface area contributed by atoms with Gasteiger partial charge in [0.25, 0.3) is 5.91 Å². The summed E-state index contributed by atoms with van der Waals surface area (Å²) >= 11 is 18.0. The molecule has 0 bridgehead atoms. The lowest BCUT2D eigenvalue weighted by molar-refractivity contribution is 0.0785. The number of carbonyl (C=O) groups excluding carboxylic acids is 1. The van der Waals surface area contributed by atoms with Crippen molar-refractivity contribution in [3.05, 3.63) is 62.6 Å². The van der Waals surface area contributed by atoms with Crippen LogP contribution in [0.25, 0.3) is 0 Å². The van der Waals surface area contributed by atoms with E-state index >= 15 is 0 Å². The number of nitrogens with two attached hydrogens (primary N) is 1. The van der Waals surface area contributed by atoms with E-state index < -0.39 is 0 Å². The maximum Gasteiger partial charge on any atom is 0.254 e. The van der Waals surface area contributed by atoms with Crippen molar-refractivity contribution in [2.45, 2.75) is 6.54 Å². The third-order valence-electron chi connectivity index (χ3n) is 2.95. The van der Waals surface area contributed by atoms with Crippen molar-refractivity contribution in [2.24, 2.45) is 0 Å². The van der Waals surface area contributed by atoms with Gasteiger partial charge in [0.1, 0.15) is 0 Å². The molecular formula is C15H13Cl3N2O. The molecule has 3 nitrogen and oxygen atoms in total. The topological polar surface area (TPSA) is 46.3 Å². The fraction of sp³-hybridized carbons (Fsp3) is 0.133. The molecule has 0 unspecified atom stereocenters. The Morgan fingerprint density at radius 1 is 1.19 bits per heavy atom. The van der Waals surface area contributed by atoms with Gasteiger partial charge in [0.2, 0.25) is 0 Å². The Morgan fingerprint density at radius 2 is 1.90 bits per heavy atom. The number of amides is 1. The second-order valence-corrected chi connectivity index (χ2v) is 5.87. The van der Waals surface area contributed by atoms with Gasteiger partial charge in [-0.3, -0.25) is 4.79 Å². The Balaban J connectivity index is 2.21. The molecule has 2 aromatic carbocycles. The van der Waals surface area contributed by atoms with E-state index in [0.29, 0.717) is 32.9 Å². The van der Waals surface area contributed by atoms with E-state index in [0.717, 1.165) is 5.56 Å². The van der Waals surface area contributed by atoms with Crippen molar-refractivity contribution >= 4 is 46.4 Å². The van der Waals surface area contributed by atoms with Crippen LogP contribution in [-0.2, 0) is 6.54 Å². The Labute approximate surface area is 138 Å². The van der Waals surface area contributed by atoms with Crippen LogP contribution in [0.3, 0.4) is 0 Å². The molecule has 0 aliphatic carbocycles. The summed E-state index contributed by atoms with van der Waals surface area (Å²) in [6.45, 7) is 0.338. The molecule has 0 saturated carbocycles. The molecule has 2 aromatic rings. The first-order valence-corrected chi connectivity index (χ1v) is 7.26. The molecule has 1 amide bonds. The van der Waals surface area contributed by atoms with E-state index in [1.54, 1.807) is 37.4 Å². The number of nitrogens with zero attached hydrogens (tertiary/aromatic N) is 1. The molecule has 6 heteroatoms. The zero-order valence-corrected chi connectivity index (χ0v) is 13.5. The summed E-state index contributed by atoms with van der Waals surface area (Å²) in [4.78, 5) is 13.9. The fourth-order valence-electron chi connectivity index (χ4n) is 1.95. The number of benzene rings is 2. The highest BCUT2D eigenvalue weighted by molar-refractivity contribution is 6.42. The van der Waals surface area contributed by atoms with Crippen LogP contribution in [-0.4, -0.2) is 17.9 Å². The first-order valence-electron chi connectivity index (χ1n) is 6.13. The highest BCUT2D eigenvalue weighted by atomic mass is 35.5. The molecule has 2 rings (SSSR count). The summed E-state index contributed by atoms with van der Waals surface area (Å²) in [5.41, 5.74) is 7.35. The van der Waals surface area contributed by atoms with Crippen LogP contribution >= 0.6 is 34.8 Å². The SMILES string of the molecule is CN(Cc1cccc(Cl)c1Cl)C(=O)c1cc(N)cc(Cl)c1. The molecule has 0 aliphatic rings. The summed E-state index contributed by atoms with van der Waals surface area (Å²) in [5, 5.41) is 1.33. The Hall–Kier alpha value is -1.42. The van der Waals surface area contributed by atoms with E-state index in [1.165, 1.54) is 4.90 Å². The fourth-order valence-corrected chi connectivity index (χ4v) is 2.58. The van der Waals surface area contributed by atoms with Gasteiger partial charge in [0.05, 0.1) is 10.0 Å². The molecule has 0 aromatic heterocycles. The molecule has 0 atom stereocenters. The van der Waals surface area contributed by atoms with E-state index in [1.807, 2.05) is 6.07 Å². The average molecular weight is 344 g/mol. The van der Waals surface area contributed by atoms with E-state index in [-0.39, 0.29) is 5.91 Å². The quantitative estimate of drug-likeness (QED) is 0.834. The maximum absolute atomic E-state index is 12.4. The lowest BCUT2D eigenvalue weighted by atomic mass is 10.1. The summed E-state index contributed by atoms with van der Waals surface area (Å²) in [6, 6.07) is 10.1. The molecule has 0 spiro atoms. The minimum Gasteiger partial charge on any atom is -0.399 e.